The van der Waals surface area contributed by atoms with Gasteiger partial charge in [-0.3, -0.25) is 0 Å². The summed E-state index contributed by atoms with van der Waals surface area (Å²) in [6, 6.07) is 0. The molecule has 0 aromatic rings. The molecule has 0 aliphatic carbocycles. The molecule has 0 saturated heterocycles. The summed E-state index contributed by atoms with van der Waals surface area (Å²) in [4.78, 5) is 0. The largest absolute Gasteiger partial charge is 0.331 e. The summed E-state index contributed by atoms with van der Waals surface area (Å²) >= 11 is 0. The predicted octanol–water partition coefficient (Wildman–Crippen LogP) is -2.97. The molecular weight excluding hydrogens is 121 g/mol. The number of hydrogen-bond acceptors (Lipinski definition) is 4. The maximum Gasteiger partial charge on any atom is 0.282 e. The van der Waals surface area contributed by atoms with Gasteiger partial charge < -0.3 is 15.1 Å². The standard InChI is InChI=1S/C2H7N.ClHO3/c1-2-3;2-1(3)4/h2-3H2,1H3;2H. The fourth-order valence-electron chi connectivity index (χ4n) is 0. The van der Waals surface area contributed by atoms with E-state index < -0.39 is 10.8 Å². The SMILES string of the molecule is CCN.[O-][Cl+2]([O-])O. The van der Waals surface area contributed by atoms with Gasteiger partial charge in [-0.05, 0) is 6.54 Å². The third kappa shape index (κ3) is 6190. The fourth-order valence-corrected chi connectivity index (χ4v) is 0. The van der Waals surface area contributed by atoms with Crippen LogP contribution in [0, 0.1) is 10.8 Å². The summed E-state index contributed by atoms with van der Waals surface area (Å²) in [6.45, 7) is 2.65. The Labute approximate surface area is 45.0 Å². The van der Waals surface area contributed by atoms with Crippen molar-refractivity contribution in [2.75, 3.05) is 6.54 Å². The third-order valence-corrected chi connectivity index (χ3v) is 0. The summed E-state index contributed by atoms with van der Waals surface area (Å²) in [6.07, 6.45) is 0. The molecular formula is C2H8ClNO3. The second-order valence-corrected chi connectivity index (χ2v) is 1.01. The van der Waals surface area contributed by atoms with E-state index in [0.717, 1.165) is 6.54 Å². The van der Waals surface area contributed by atoms with Gasteiger partial charge in [-0.25, -0.2) is 0 Å². The van der Waals surface area contributed by atoms with E-state index >= 15 is 0 Å². The molecule has 0 fully saturated rings. The van der Waals surface area contributed by atoms with Crippen molar-refractivity contribution in [3.63, 3.8) is 0 Å². The molecule has 0 spiro atoms. The molecule has 3 N–H and O–H groups in total. The lowest BCUT2D eigenvalue weighted by atomic mass is 10.8. The molecule has 0 bridgehead atoms. The van der Waals surface area contributed by atoms with Crippen LogP contribution in [-0.4, -0.2) is 11.2 Å². The minimum atomic E-state index is -2.60. The van der Waals surface area contributed by atoms with Gasteiger partial charge in [-0.15, -0.1) is 0 Å². The Bertz CT molecular complexity index is 24.1. The van der Waals surface area contributed by atoms with Crippen molar-refractivity contribution in [3.05, 3.63) is 0 Å². The van der Waals surface area contributed by atoms with Crippen molar-refractivity contribution < 1.29 is 24.8 Å². The average Bonchev–Trinajstić information content (AvgIpc) is 1.33. The number of halogens is 1. The molecule has 0 aliphatic heterocycles. The zero-order valence-corrected chi connectivity index (χ0v) is 4.68. The van der Waals surface area contributed by atoms with Crippen molar-refractivity contribution in [1.29, 1.82) is 0 Å². The second kappa shape index (κ2) is 9.46. The quantitative estimate of drug-likeness (QED) is 0.365. The predicted molar refractivity (Wildman–Crippen MR) is 16.9 cm³/mol. The number of rotatable bonds is 0. The van der Waals surface area contributed by atoms with Crippen LogP contribution < -0.4 is 15.1 Å². The van der Waals surface area contributed by atoms with Gasteiger partial charge in [0.1, 0.15) is 0 Å². The summed E-state index contributed by atoms with van der Waals surface area (Å²) < 4.78 is 24.0. The highest BCUT2D eigenvalue weighted by molar-refractivity contribution is 4.00. The van der Waals surface area contributed by atoms with Gasteiger partial charge in [0.25, 0.3) is 10.8 Å². The van der Waals surface area contributed by atoms with Crippen LogP contribution in [0.15, 0.2) is 0 Å². The summed E-state index contributed by atoms with van der Waals surface area (Å²) in [5, 5.41) is 0. The first-order valence-corrected chi connectivity index (χ1v) is 2.55. The fraction of sp³-hybridized carbons (Fsp3) is 1.00. The topological polar surface area (TPSA) is 92.4 Å². The van der Waals surface area contributed by atoms with Crippen molar-refractivity contribution >= 4 is 0 Å². The Hall–Kier alpha value is 0.130. The van der Waals surface area contributed by atoms with Crippen LogP contribution in [-0.2, 0) is 0 Å². The van der Waals surface area contributed by atoms with Crippen molar-refractivity contribution in [2.45, 2.75) is 6.92 Å². The molecule has 0 amide bonds. The molecule has 0 atom stereocenters. The Morgan fingerprint density at radius 1 is 1.71 bits per heavy atom. The van der Waals surface area contributed by atoms with E-state index in [9.17, 15) is 0 Å². The van der Waals surface area contributed by atoms with Gasteiger partial charge in [-0.1, -0.05) is 6.92 Å². The molecule has 0 saturated carbocycles. The van der Waals surface area contributed by atoms with Gasteiger partial charge in [0.2, 0.25) is 0 Å². The Balaban J connectivity index is 0. The first-order chi connectivity index (χ1) is 3.15. The van der Waals surface area contributed by atoms with Crippen molar-refractivity contribution in [2.24, 2.45) is 5.73 Å². The second-order valence-electron chi connectivity index (χ2n) is 0.609. The molecule has 0 radical (unpaired) electrons. The molecule has 0 rings (SSSR count). The Morgan fingerprint density at radius 3 is 1.71 bits per heavy atom. The smallest absolute Gasteiger partial charge is 0.282 e. The van der Waals surface area contributed by atoms with Crippen LogP contribution in [0.5, 0.6) is 0 Å². The molecule has 0 heterocycles. The molecule has 0 aliphatic rings. The average molecular weight is 130 g/mol. The van der Waals surface area contributed by atoms with Crippen LogP contribution in [0.25, 0.3) is 0 Å². The van der Waals surface area contributed by atoms with E-state index in [-0.39, 0.29) is 0 Å². The normalized spacial score (nSPS) is 7.71. The van der Waals surface area contributed by atoms with E-state index in [1.165, 1.54) is 0 Å². The van der Waals surface area contributed by atoms with Crippen LogP contribution in [0.4, 0.5) is 0 Å². The first-order valence-electron chi connectivity index (χ1n) is 1.59. The zero-order chi connectivity index (χ0) is 6.28. The zero-order valence-electron chi connectivity index (χ0n) is 3.93. The van der Waals surface area contributed by atoms with Crippen LogP contribution >= 0.6 is 0 Å². The minimum absolute atomic E-state index is 0.750. The Morgan fingerprint density at radius 2 is 1.71 bits per heavy atom. The highest BCUT2D eigenvalue weighted by Gasteiger charge is 1.79. The van der Waals surface area contributed by atoms with E-state index in [1.54, 1.807) is 0 Å². The summed E-state index contributed by atoms with van der Waals surface area (Å²) in [7, 11) is -2.60. The molecule has 4 nitrogen and oxygen atoms in total. The lowest BCUT2D eigenvalue weighted by Gasteiger charge is -1.72. The number of nitrogens with two attached hydrogens (primary N) is 1. The molecule has 5 heteroatoms. The number of hydrogen-bond donors (Lipinski definition) is 2. The van der Waals surface area contributed by atoms with Gasteiger partial charge >= 0.3 is 0 Å². The highest BCUT2D eigenvalue weighted by Crippen LogP contribution is 1.38. The lowest BCUT2D eigenvalue weighted by molar-refractivity contribution is -1.63. The van der Waals surface area contributed by atoms with Crippen LogP contribution in [0.3, 0.4) is 0 Å². The minimum Gasteiger partial charge on any atom is -0.331 e. The summed E-state index contributed by atoms with van der Waals surface area (Å²) in [5.41, 5.74) is 4.85. The van der Waals surface area contributed by atoms with E-state index in [1.807, 2.05) is 6.92 Å². The van der Waals surface area contributed by atoms with Crippen molar-refractivity contribution in [1.82, 2.24) is 0 Å². The van der Waals surface area contributed by atoms with Gasteiger partial charge in [-0.2, -0.15) is 0 Å². The van der Waals surface area contributed by atoms with Gasteiger partial charge in [0.15, 0.2) is 0 Å². The molecule has 0 unspecified atom stereocenters. The lowest BCUT2D eigenvalue weighted by Crippen LogP contribution is -2.30. The van der Waals surface area contributed by atoms with Gasteiger partial charge in [0.05, 0.1) is 0 Å². The van der Waals surface area contributed by atoms with E-state index in [0.29, 0.717) is 0 Å². The highest BCUT2D eigenvalue weighted by atomic mass is 35.6. The maximum absolute atomic E-state index is 8.52. The molecule has 0 aromatic heterocycles. The Kier molecular flexibility index (Phi) is 13.8. The maximum atomic E-state index is 8.52. The summed E-state index contributed by atoms with van der Waals surface area (Å²) in [5.74, 6) is 0. The van der Waals surface area contributed by atoms with Crippen LogP contribution in [0.1, 0.15) is 6.92 Å². The van der Waals surface area contributed by atoms with E-state index in [2.05, 4.69) is 0 Å². The van der Waals surface area contributed by atoms with Gasteiger partial charge in [0, 0.05) is 4.66 Å². The molecule has 46 valence electrons. The van der Waals surface area contributed by atoms with E-state index in [4.69, 9.17) is 19.7 Å². The first kappa shape index (κ1) is 10.2. The molecule has 7 heavy (non-hydrogen) atoms. The monoisotopic (exact) mass is 129 g/mol. The third-order valence-electron chi connectivity index (χ3n) is 0. The van der Waals surface area contributed by atoms with Crippen LogP contribution in [0.2, 0.25) is 0 Å². The van der Waals surface area contributed by atoms with Crippen molar-refractivity contribution in [3.8, 4) is 0 Å². The molecule has 0 aromatic carbocycles.